The number of rotatable bonds is 6. The number of nitrogens with zero attached hydrogens (tertiary/aromatic N) is 2. The van der Waals surface area contributed by atoms with Gasteiger partial charge in [-0.25, -0.2) is 8.42 Å². The molecule has 1 aromatic heterocycles. The lowest BCUT2D eigenvalue weighted by atomic mass is 10.1. The van der Waals surface area contributed by atoms with Gasteiger partial charge >= 0.3 is 0 Å². The Bertz CT molecular complexity index is 2410. The second-order valence-corrected chi connectivity index (χ2v) is 15.6. The third-order valence-corrected chi connectivity index (χ3v) is 12.1. The molecular weight excluding hydrogens is 629 g/mol. The SMILES string of the molecule is Cc1cccc(N(c2cccc(C)c2)c2ccc3c(c2)S(=O)(=O)c2c-3sc3cc(N(c4cccc(C)c4)c4cccc(C)c4)ccc23)c1. The number of hydrogen-bond donors (Lipinski definition) is 0. The maximum absolute atomic E-state index is 14.4. The van der Waals surface area contributed by atoms with Gasteiger partial charge in [-0.05, 0) is 123 Å². The smallest absolute Gasteiger partial charge is 0.209 e. The van der Waals surface area contributed by atoms with Gasteiger partial charge in [-0.15, -0.1) is 11.3 Å². The lowest BCUT2D eigenvalue weighted by Gasteiger charge is -2.26. The minimum absolute atomic E-state index is 0.360. The summed E-state index contributed by atoms with van der Waals surface area (Å²) in [5.74, 6) is 0. The second kappa shape index (κ2) is 11.5. The third-order valence-electron chi connectivity index (χ3n) is 8.95. The van der Waals surface area contributed by atoms with Crippen LogP contribution in [0.5, 0.6) is 0 Å². The van der Waals surface area contributed by atoms with Crippen molar-refractivity contribution < 1.29 is 8.42 Å². The molecule has 4 nitrogen and oxygen atoms in total. The molecule has 0 saturated carbocycles. The minimum Gasteiger partial charge on any atom is -0.310 e. The molecule has 236 valence electrons. The van der Waals surface area contributed by atoms with Gasteiger partial charge in [0.25, 0.3) is 0 Å². The van der Waals surface area contributed by atoms with Crippen LogP contribution in [0.4, 0.5) is 34.1 Å². The van der Waals surface area contributed by atoms with E-state index in [1.54, 1.807) is 11.3 Å². The largest absolute Gasteiger partial charge is 0.310 e. The van der Waals surface area contributed by atoms with Crippen molar-refractivity contribution in [2.75, 3.05) is 9.80 Å². The first-order valence-corrected chi connectivity index (χ1v) is 18.3. The van der Waals surface area contributed by atoms with E-state index in [1.165, 1.54) is 11.1 Å². The predicted octanol–water partition coefficient (Wildman–Crippen LogP) is 11.9. The highest BCUT2D eigenvalue weighted by Gasteiger charge is 2.37. The van der Waals surface area contributed by atoms with E-state index in [4.69, 9.17) is 0 Å². The van der Waals surface area contributed by atoms with E-state index in [0.717, 1.165) is 65.8 Å². The fraction of sp³-hybridized carbons (Fsp3) is 0.0952. The zero-order chi connectivity index (χ0) is 33.2. The molecule has 2 heterocycles. The topological polar surface area (TPSA) is 40.6 Å². The molecule has 0 atom stereocenters. The number of thiophene rings is 1. The van der Waals surface area contributed by atoms with Crippen molar-refractivity contribution in [3.8, 4) is 10.4 Å². The van der Waals surface area contributed by atoms with Crippen molar-refractivity contribution in [3.05, 3.63) is 156 Å². The van der Waals surface area contributed by atoms with E-state index in [1.807, 2.05) is 42.5 Å². The molecule has 0 saturated heterocycles. The average Bonchev–Trinajstić information content (AvgIpc) is 3.54. The maximum Gasteiger partial charge on any atom is 0.209 e. The van der Waals surface area contributed by atoms with Gasteiger partial charge in [0.15, 0.2) is 0 Å². The molecule has 0 N–H and O–H groups in total. The maximum atomic E-state index is 14.4. The van der Waals surface area contributed by atoms with Gasteiger partial charge in [-0.1, -0.05) is 60.7 Å². The van der Waals surface area contributed by atoms with Gasteiger partial charge in [0.1, 0.15) is 0 Å². The Kier molecular flexibility index (Phi) is 7.24. The Hall–Kier alpha value is -5.17. The van der Waals surface area contributed by atoms with E-state index >= 15 is 0 Å². The van der Waals surface area contributed by atoms with Crippen LogP contribution in [0.25, 0.3) is 20.5 Å². The Morgan fingerprint density at radius 2 is 0.896 bits per heavy atom. The second-order valence-electron chi connectivity index (χ2n) is 12.7. The van der Waals surface area contributed by atoms with Crippen molar-refractivity contribution in [3.63, 3.8) is 0 Å². The van der Waals surface area contributed by atoms with Crippen LogP contribution in [0.3, 0.4) is 0 Å². The summed E-state index contributed by atoms with van der Waals surface area (Å²) in [5, 5.41) is 0.763. The third kappa shape index (κ3) is 5.09. The monoisotopic (exact) mass is 662 g/mol. The van der Waals surface area contributed by atoms with Gasteiger partial charge in [0.2, 0.25) is 9.84 Å². The highest BCUT2D eigenvalue weighted by Crippen LogP contribution is 2.53. The molecule has 0 spiro atoms. The molecule has 8 rings (SSSR count). The number of anilines is 6. The van der Waals surface area contributed by atoms with Crippen molar-refractivity contribution in [2.24, 2.45) is 0 Å². The Morgan fingerprint density at radius 1 is 0.479 bits per heavy atom. The summed E-state index contributed by atoms with van der Waals surface area (Å²) in [6.45, 7) is 8.33. The molecule has 0 fully saturated rings. The minimum atomic E-state index is -3.76. The van der Waals surface area contributed by atoms with Crippen LogP contribution in [0.15, 0.2) is 143 Å². The Balaban J connectivity index is 1.26. The molecule has 6 aromatic carbocycles. The molecular formula is C42H34N2O2S2. The van der Waals surface area contributed by atoms with E-state index in [-0.39, 0.29) is 0 Å². The van der Waals surface area contributed by atoms with Crippen LogP contribution in [-0.4, -0.2) is 8.42 Å². The number of benzene rings is 6. The fourth-order valence-electron chi connectivity index (χ4n) is 6.78. The summed E-state index contributed by atoms with van der Waals surface area (Å²) < 4.78 is 29.8. The highest BCUT2D eigenvalue weighted by molar-refractivity contribution is 7.92. The van der Waals surface area contributed by atoms with Crippen molar-refractivity contribution >= 4 is 65.4 Å². The van der Waals surface area contributed by atoms with Gasteiger partial charge in [-0.3, -0.25) is 0 Å². The van der Waals surface area contributed by atoms with Gasteiger partial charge in [0, 0.05) is 49.8 Å². The van der Waals surface area contributed by atoms with Crippen molar-refractivity contribution in [1.29, 1.82) is 0 Å². The molecule has 0 unspecified atom stereocenters. The Morgan fingerprint density at radius 3 is 1.35 bits per heavy atom. The van der Waals surface area contributed by atoms with E-state index < -0.39 is 9.84 Å². The first-order chi connectivity index (χ1) is 23.2. The zero-order valence-electron chi connectivity index (χ0n) is 27.2. The predicted molar refractivity (Wildman–Crippen MR) is 201 cm³/mol. The van der Waals surface area contributed by atoms with Gasteiger partial charge in [0.05, 0.1) is 14.7 Å². The molecule has 0 radical (unpaired) electrons. The summed E-state index contributed by atoms with van der Waals surface area (Å²) >= 11 is 1.55. The molecule has 1 aliphatic rings. The van der Waals surface area contributed by atoms with E-state index in [0.29, 0.717) is 9.79 Å². The van der Waals surface area contributed by atoms with Gasteiger partial charge in [-0.2, -0.15) is 0 Å². The van der Waals surface area contributed by atoms with E-state index in [9.17, 15) is 8.42 Å². The average molecular weight is 663 g/mol. The molecule has 7 aromatic rings. The zero-order valence-corrected chi connectivity index (χ0v) is 28.9. The normalized spacial score (nSPS) is 12.9. The number of aryl methyl sites for hydroxylation is 4. The van der Waals surface area contributed by atoms with Crippen molar-refractivity contribution in [2.45, 2.75) is 37.5 Å². The lowest BCUT2D eigenvalue weighted by molar-refractivity contribution is 0.599. The number of sulfone groups is 1. The van der Waals surface area contributed by atoms with Crippen LogP contribution in [0.2, 0.25) is 0 Å². The molecule has 0 bridgehead atoms. The highest BCUT2D eigenvalue weighted by atomic mass is 32.2. The summed E-state index contributed by atoms with van der Waals surface area (Å²) in [4.78, 5) is 5.95. The summed E-state index contributed by atoms with van der Waals surface area (Å²) in [7, 11) is -3.76. The first-order valence-electron chi connectivity index (χ1n) is 16.0. The molecule has 1 aliphatic heterocycles. The van der Waals surface area contributed by atoms with Crippen LogP contribution in [-0.2, 0) is 9.84 Å². The van der Waals surface area contributed by atoms with Crippen LogP contribution < -0.4 is 9.80 Å². The molecule has 0 aliphatic carbocycles. The molecule has 48 heavy (non-hydrogen) atoms. The molecule has 6 heteroatoms. The first kappa shape index (κ1) is 30.2. The fourth-order valence-corrected chi connectivity index (χ4v) is 10.3. The summed E-state index contributed by atoms with van der Waals surface area (Å²) in [6.07, 6.45) is 0. The van der Waals surface area contributed by atoms with Gasteiger partial charge < -0.3 is 9.80 Å². The quantitative estimate of drug-likeness (QED) is 0.178. The van der Waals surface area contributed by atoms with Crippen LogP contribution in [0.1, 0.15) is 22.3 Å². The Labute approximate surface area is 286 Å². The van der Waals surface area contributed by atoms with Crippen LogP contribution >= 0.6 is 11.3 Å². The van der Waals surface area contributed by atoms with Crippen molar-refractivity contribution in [1.82, 2.24) is 0 Å². The lowest BCUT2D eigenvalue weighted by Crippen LogP contribution is -2.11. The summed E-state index contributed by atoms with van der Waals surface area (Å²) in [6, 6.07) is 45.5. The molecule has 0 amide bonds. The standard InChI is InChI=1S/C42H34N2O2S2/c1-27-9-5-13-31(21-27)43(32-14-6-10-28(2)22-32)35-17-19-37-39(25-35)47-41-38-20-18-36(26-40(38)48(45,46)42(37)41)44(33-15-7-11-29(3)23-33)34-16-8-12-30(4)24-34/h5-26H,1-4H3. The number of hydrogen-bond acceptors (Lipinski definition) is 5. The van der Waals surface area contributed by atoms with E-state index in [2.05, 4.69) is 128 Å². The number of fused-ring (bicyclic) bond motifs is 5. The summed E-state index contributed by atoms with van der Waals surface area (Å²) in [5.41, 5.74) is 11.2. The van der Waals surface area contributed by atoms with Crippen LogP contribution in [0, 0.1) is 27.7 Å².